The van der Waals surface area contributed by atoms with E-state index in [1.807, 2.05) is 29.2 Å². The van der Waals surface area contributed by atoms with Crippen LogP contribution in [0.5, 0.6) is 0 Å². The Hall–Kier alpha value is -2.34. The highest BCUT2D eigenvalue weighted by Gasteiger charge is 2.24. The average Bonchev–Trinajstić information content (AvgIpc) is 2.93. The van der Waals surface area contributed by atoms with Crippen molar-refractivity contribution in [3.05, 3.63) is 36.0 Å². The molecular formula is C17H22N4O2. The van der Waals surface area contributed by atoms with Crippen molar-refractivity contribution < 1.29 is 9.53 Å². The molecule has 1 fully saturated rings. The van der Waals surface area contributed by atoms with E-state index < -0.39 is 0 Å². The number of anilines is 1. The van der Waals surface area contributed by atoms with Crippen LogP contribution >= 0.6 is 0 Å². The van der Waals surface area contributed by atoms with Crippen LogP contribution in [0.4, 0.5) is 5.82 Å². The summed E-state index contributed by atoms with van der Waals surface area (Å²) >= 11 is 0. The Bertz CT molecular complexity index is 693. The summed E-state index contributed by atoms with van der Waals surface area (Å²) in [5.41, 5.74) is 8.52. The predicted octanol–water partition coefficient (Wildman–Crippen LogP) is 1.92. The lowest BCUT2D eigenvalue weighted by Gasteiger charge is -2.32. The van der Waals surface area contributed by atoms with Gasteiger partial charge in [-0.3, -0.25) is 9.48 Å². The second kappa shape index (κ2) is 6.42. The molecule has 1 saturated heterocycles. The third-order valence-corrected chi connectivity index (χ3v) is 4.43. The number of carbonyl (C=O) groups excluding carboxylic acids is 1. The van der Waals surface area contributed by atoms with E-state index >= 15 is 0 Å². The Balaban J connectivity index is 1.76. The van der Waals surface area contributed by atoms with Crippen molar-refractivity contribution in [1.82, 2.24) is 14.7 Å². The maximum atomic E-state index is 12.6. The van der Waals surface area contributed by atoms with E-state index in [-0.39, 0.29) is 12.0 Å². The number of hydrogen-bond donors (Lipinski definition) is 1. The zero-order chi connectivity index (χ0) is 16.4. The van der Waals surface area contributed by atoms with E-state index in [9.17, 15) is 4.79 Å². The van der Waals surface area contributed by atoms with Crippen molar-refractivity contribution in [1.29, 1.82) is 0 Å². The molecular weight excluding hydrogens is 292 g/mol. The lowest BCUT2D eigenvalue weighted by atomic mass is 10.0. The minimum absolute atomic E-state index is 0.0532. The molecule has 1 aromatic heterocycles. The van der Waals surface area contributed by atoms with Gasteiger partial charge in [0.05, 0.1) is 12.3 Å². The molecule has 2 heterocycles. The van der Waals surface area contributed by atoms with E-state index in [1.165, 1.54) is 0 Å². The first-order valence-corrected chi connectivity index (χ1v) is 7.80. The molecule has 122 valence electrons. The van der Waals surface area contributed by atoms with Crippen LogP contribution in [0.15, 0.2) is 30.5 Å². The molecule has 3 rings (SSSR count). The SMILES string of the molecule is COC1CCCN(C(=O)c2ccc(-c3cnn(C)c3N)cc2)C1. The molecule has 1 unspecified atom stereocenters. The molecule has 0 saturated carbocycles. The Kier molecular flexibility index (Phi) is 4.34. The molecule has 6 nitrogen and oxygen atoms in total. The molecule has 0 bridgehead atoms. The number of nitrogen functional groups attached to an aromatic ring is 1. The first-order chi connectivity index (χ1) is 11.1. The van der Waals surface area contributed by atoms with Crippen LogP contribution < -0.4 is 5.73 Å². The van der Waals surface area contributed by atoms with Crippen molar-refractivity contribution in [3.8, 4) is 11.1 Å². The maximum Gasteiger partial charge on any atom is 0.253 e. The Morgan fingerprint density at radius 1 is 1.35 bits per heavy atom. The van der Waals surface area contributed by atoms with Gasteiger partial charge in [-0.25, -0.2) is 0 Å². The van der Waals surface area contributed by atoms with Gasteiger partial charge in [-0.2, -0.15) is 5.10 Å². The van der Waals surface area contributed by atoms with Crippen LogP contribution in [0.25, 0.3) is 11.1 Å². The Labute approximate surface area is 135 Å². The van der Waals surface area contributed by atoms with Crippen LogP contribution in [-0.4, -0.2) is 46.9 Å². The van der Waals surface area contributed by atoms with Crippen molar-refractivity contribution in [2.75, 3.05) is 25.9 Å². The summed E-state index contributed by atoms with van der Waals surface area (Å²) in [5, 5.41) is 4.14. The first-order valence-electron chi connectivity index (χ1n) is 7.80. The van der Waals surface area contributed by atoms with Crippen LogP contribution in [0.3, 0.4) is 0 Å². The fourth-order valence-corrected chi connectivity index (χ4v) is 2.96. The highest BCUT2D eigenvalue weighted by atomic mass is 16.5. The normalized spacial score (nSPS) is 18.2. The Morgan fingerprint density at radius 3 is 2.70 bits per heavy atom. The van der Waals surface area contributed by atoms with Gasteiger partial charge < -0.3 is 15.4 Å². The lowest BCUT2D eigenvalue weighted by molar-refractivity contribution is 0.0269. The van der Waals surface area contributed by atoms with Crippen LogP contribution in [0.2, 0.25) is 0 Å². The number of hydrogen-bond acceptors (Lipinski definition) is 4. The number of nitrogens with zero attached hydrogens (tertiary/aromatic N) is 3. The fraction of sp³-hybridized carbons (Fsp3) is 0.412. The van der Waals surface area contributed by atoms with Gasteiger partial charge in [0.2, 0.25) is 0 Å². The van der Waals surface area contributed by atoms with Crippen molar-refractivity contribution in [2.24, 2.45) is 7.05 Å². The molecule has 0 aliphatic carbocycles. The first kappa shape index (κ1) is 15.6. The van der Waals surface area contributed by atoms with E-state index in [0.29, 0.717) is 17.9 Å². The average molecular weight is 314 g/mol. The topological polar surface area (TPSA) is 73.4 Å². The van der Waals surface area contributed by atoms with Gasteiger partial charge in [0, 0.05) is 38.4 Å². The van der Waals surface area contributed by atoms with Crippen LogP contribution in [-0.2, 0) is 11.8 Å². The number of aromatic nitrogens is 2. The van der Waals surface area contributed by atoms with Gasteiger partial charge in [-0.05, 0) is 30.5 Å². The monoisotopic (exact) mass is 314 g/mol. The van der Waals surface area contributed by atoms with E-state index in [1.54, 1.807) is 25.0 Å². The quantitative estimate of drug-likeness (QED) is 0.939. The van der Waals surface area contributed by atoms with E-state index in [0.717, 1.165) is 30.5 Å². The number of likely N-dealkylation sites (tertiary alicyclic amines) is 1. The van der Waals surface area contributed by atoms with Gasteiger partial charge in [0.25, 0.3) is 5.91 Å². The van der Waals surface area contributed by atoms with Crippen molar-refractivity contribution in [3.63, 3.8) is 0 Å². The Morgan fingerprint density at radius 2 is 2.09 bits per heavy atom. The largest absolute Gasteiger partial charge is 0.383 e. The van der Waals surface area contributed by atoms with E-state index in [4.69, 9.17) is 10.5 Å². The molecule has 23 heavy (non-hydrogen) atoms. The summed E-state index contributed by atoms with van der Waals surface area (Å²) in [4.78, 5) is 14.5. The summed E-state index contributed by atoms with van der Waals surface area (Å²) in [6.07, 6.45) is 3.87. The number of carbonyl (C=O) groups is 1. The van der Waals surface area contributed by atoms with Gasteiger partial charge in [-0.15, -0.1) is 0 Å². The number of methoxy groups -OCH3 is 1. The van der Waals surface area contributed by atoms with Crippen molar-refractivity contribution >= 4 is 11.7 Å². The molecule has 1 aliphatic heterocycles. The van der Waals surface area contributed by atoms with Crippen molar-refractivity contribution in [2.45, 2.75) is 18.9 Å². The number of amides is 1. The lowest BCUT2D eigenvalue weighted by Crippen LogP contribution is -2.42. The second-order valence-corrected chi connectivity index (χ2v) is 5.90. The van der Waals surface area contributed by atoms with Crippen LogP contribution in [0.1, 0.15) is 23.2 Å². The number of benzene rings is 1. The number of aryl methyl sites for hydroxylation is 1. The zero-order valence-corrected chi connectivity index (χ0v) is 13.5. The summed E-state index contributed by atoms with van der Waals surface area (Å²) in [6.45, 7) is 1.45. The molecule has 1 atom stereocenters. The van der Waals surface area contributed by atoms with E-state index in [2.05, 4.69) is 5.10 Å². The molecule has 0 radical (unpaired) electrons. The summed E-state index contributed by atoms with van der Waals surface area (Å²) in [5.74, 6) is 0.667. The fourth-order valence-electron chi connectivity index (χ4n) is 2.96. The predicted molar refractivity (Wildman–Crippen MR) is 89.0 cm³/mol. The number of rotatable bonds is 3. The summed E-state index contributed by atoms with van der Waals surface area (Å²) in [7, 11) is 3.51. The van der Waals surface area contributed by atoms with Gasteiger partial charge in [0.15, 0.2) is 0 Å². The standard InChI is InChI=1S/C17H22N4O2/c1-20-16(18)15(10-19-20)12-5-7-13(8-6-12)17(22)21-9-3-4-14(11-21)23-2/h5-8,10,14H,3-4,9,11,18H2,1-2H3. The highest BCUT2D eigenvalue weighted by molar-refractivity contribution is 5.95. The summed E-state index contributed by atoms with van der Waals surface area (Å²) < 4.78 is 7.01. The summed E-state index contributed by atoms with van der Waals surface area (Å²) in [6, 6.07) is 7.53. The second-order valence-electron chi connectivity index (χ2n) is 5.90. The minimum Gasteiger partial charge on any atom is -0.383 e. The maximum absolute atomic E-state index is 12.6. The van der Waals surface area contributed by atoms with Gasteiger partial charge in [-0.1, -0.05) is 12.1 Å². The molecule has 1 amide bonds. The number of nitrogens with two attached hydrogens (primary N) is 1. The third-order valence-electron chi connectivity index (χ3n) is 4.43. The molecule has 1 aliphatic rings. The molecule has 1 aromatic carbocycles. The number of piperidine rings is 1. The highest BCUT2D eigenvalue weighted by Crippen LogP contribution is 2.25. The molecule has 2 N–H and O–H groups in total. The molecule has 6 heteroatoms. The smallest absolute Gasteiger partial charge is 0.253 e. The van der Waals surface area contributed by atoms with Gasteiger partial charge in [0.1, 0.15) is 5.82 Å². The zero-order valence-electron chi connectivity index (χ0n) is 13.5. The third kappa shape index (κ3) is 3.07. The molecule has 2 aromatic rings. The minimum atomic E-state index is 0.0532. The number of ether oxygens (including phenoxy) is 1. The van der Waals surface area contributed by atoms with Gasteiger partial charge >= 0.3 is 0 Å². The molecule has 0 spiro atoms. The van der Waals surface area contributed by atoms with Crippen LogP contribution in [0, 0.1) is 0 Å².